The Morgan fingerprint density at radius 3 is 2.78 bits per heavy atom. The van der Waals surface area contributed by atoms with Crippen LogP contribution in [0.2, 0.25) is 0 Å². The van der Waals surface area contributed by atoms with Crippen molar-refractivity contribution < 1.29 is 9.66 Å². The van der Waals surface area contributed by atoms with E-state index >= 15 is 0 Å². The second-order valence-corrected chi connectivity index (χ2v) is 6.91. The number of hydrogen-bond donors (Lipinski definition) is 0. The normalized spacial score (nSPS) is 22.3. The van der Waals surface area contributed by atoms with Crippen LogP contribution in [0.3, 0.4) is 0 Å². The van der Waals surface area contributed by atoms with E-state index in [-0.39, 0.29) is 17.8 Å². The molecule has 7 heteroatoms. The Balaban J connectivity index is 1.55. The number of nitrogens with zero attached hydrogens (tertiary/aromatic N) is 4. The number of nitriles is 1. The molecule has 0 radical (unpaired) electrons. The summed E-state index contributed by atoms with van der Waals surface area (Å²) in [6, 6.07) is 17.2. The van der Waals surface area contributed by atoms with Gasteiger partial charge in [0.25, 0.3) is 5.69 Å². The summed E-state index contributed by atoms with van der Waals surface area (Å²) < 4.78 is 5.98. The van der Waals surface area contributed by atoms with Crippen LogP contribution in [0.25, 0.3) is 0 Å². The molecule has 138 valence electrons. The van der Waals surface area contributed by atoms with Crippen molar-refractivity contribution in [3.8, 4) is 6.07 Å². The second kappa shape index (κ2) is 7.35. The summed E-state index contributed by atoms with van der Waals surface area (Å²) in [4.78, 5) is 15.0. The molecule has 2 fully saturated rings. The molecule has 2 aromatic rings. The number of nitro groups is 1. The number of non-ortho nitro benzene ring substituents is 1. The minimum absolute atomic E-state index is 0.0612. The number of rotatable bonds is 4. The fraction of sp³-hybridized carbons (Fsp3) is 0.350. The average molecular weight is 364 g/mol. The molecule has 0 aliphatic carbocycles. The molecule has 0 amide bonds. The smallest absolute Gasteiger partial charge is 0.270 e. The van der Waals surface area contributed by atoms with E-state index in [1.165, 1.54) is 17.7 Å². The predicted molar refractivity (Wildman–Crippen MR) is 100 cm³/mol. The molecule has 2 aliphatic rings. The summed E-state index contributed by atoms with van der Waals surface area (Å²) in [7, 11) is 0. The fourth-order valence-corrected chi connectivity index (χ4v) is 3.97. The minimum atomic E-state index is -0.473. The van der Waals surface area contributed by atoms with Crippen molar-refractivity contribution in [2.45, 2.75) is 18.7 Å². The molecule has 0 bridgehead atoms. The van der Waals surface area contributed by atoms with Gasteiger partial charge in [-0.2, -0.15) is 5.26 Å². The maximum absolute atomic E-state index is 11.0. The molecule has 2 unspecified atom stereocenters. The highest BCUT2D eigenvalue weighted by Gasteiger charge is 2.40. The van der Waals surface area contributed by atoms with E-state index in [2.05, 4.69) is 28.0 Å². The number of fused-ring (bicyclic) bond motifs is 1. The van der Waals surface area contributed by atoms with Gasteiger partial charge in [-0.3, -0.25) is 15.0 Å². The summed E-state index contributed by atoms with van der Waals surface area (Å²) in [5, 5.41) is 20.4. The minimum Gasteiger partial charge on any atom is -0.373 e. The van der Waals surface area contributed by atoms with Gasteiger partial charge in [-0.25, -0.2) is 0 Å². The standard InChI is InChI=1S/C20H20N4O3/c21-11-16-10-17(24(25)26)6-7-18(16)23-13-19-20(14-23)27-9-8-22(19)12-15-4-2-1-3-5-15/h1-7,10,19-20H,8-9,12-14H2. The van der Waals surface area contributed by atoms with Gasteiger partial charge in [-0.1, -0.05) is 30.3 Å². The number of benzene rings is 2. The lowest BCUT2D eigenvalue weighted by Gasteiger charge is -2.36. The Labute approximate surface area is 157 Å². The third-order valence-electron chi connectivity index (χ3n) is 5.30. The molecule has 2 heterocycles. The molecule has 2 aromatic carbocycles. The molecular weight excluding hydrogens is 344 g/mol. The van der Waals surface area contributed by atoms with Crippen LogP contribution in [-0.4, -0.2) is 48.2 Å². The fourth-order valence-electron chi connectivity index (χ4n) is 3.97. The maximum atomic E-state index is 11.0. The molecule has 7 nitrogen and oxygen atoms in total. The molecule has 27 heavy (non-hydrogen) atoms. The summed E-state index contributed by atoms with van der Waals surface area (Å²) in [5.41, 5.74) is 2.27. The van der Waals surface area contributed by atoms with Crippen LogP contribution in [-0.2, 0) is 11.3 Å². The van der Waals surface area contributed by atoms with Gasteiger partial charge in [0.15, 0.2) is 0 Å². The zero-order valence-electron chi connectivity index (χ0n) is 14.8. The molecule has 0 spiro atoms. The lowest BCUT2D eigenvalue weighted by Crippen LogP contribution is -2.50. The lowest BCUT2D eigenvalue weighted by atomic mass is 10.1. The zero-order chi connectivity index (χ0) is 18.8. The first-order valence-electron chi connectivity index (χ1n) is 8.99. The largest absolute Gasteiger partial charge is 0.373 e. The monoisotopic (exact) mass is 364 g/mol. The molecule has 0 N–H and O–H groups in total. The highest BCUT2D eigenvalue weighted by atomic mass is 16.6. The van der Waals surface area contributed by atoms with Crippen molar-refractivity contribution in [3.63, 3.8) is 0 Å². The predicted octanol–water partition coefficient (Wildman–Crippen LogP) is 2.56. The molecule has 2 saturated heterocycles. The van der Waals surface area contributed by atoms with Gasteiger partial charge >= 0.3 is 0 Å². The van der Waals surface area contributed by atoms with Crippen LogP contribution in [0.15, 0.2) is 48.5 Å². The number of nitro benzene ring substituents is 1. The summed E-state index contributed by atoms with van der Waals surface area (Å²) in [6.45, 7) is 3.85. The van der Waals surface area contributed by atoms with Crippen LogP contribution >= 0.6 is 0 Å². The van der Waals surface area contributed by atoms with Gasteiger partial charge < -0.3 is 9.64 Å². The topological polar surface area (TPSA) is 82.6 Å². The molecular formula is C20H20N4O3. The number of ether oxygens (including phenoxy) is 1. The van der Waals surface area contributed by atoms with E-state index in [1.807, 2.05) is 18.2 Å². The van der Waals surface area contributed by atoms with E-state index in [1.54, 1.807) is 6.07 Å². The Bertz CT molecular complexity index is 881. The van der Waals surface area contributed by atoms with Crippen LogP contribution < -0.4 is 4.90 Å². The highest BCUT2D eigenvalue weighted by Crippen LogP contribution is 2.32. The average Bonchev–Trinajstić information content (AvgIpc) is 3.13. The third kappa shape index (κ3) is 3.50. The number of anilines is 1. The van der Waals surface area contributed by atoms with Crippen molar-refractivity contribution in [1.29, 1.82) is 5.26 Å². The van der Waals surface area contributed by atoms with Crippen molar-refractivity contribution in [1.82, 2.24) is 4.90 Å². The van der Waals surface area contributed by atoms with E-state index < -0.39 is 4.92 Å². The first-order valence-corrected chi connectivity index (χ1v) is 8.99. The Morgan fingerprint density at radius 2 is 2.04 bits per heavy atom. The Hall–Kier alpha value is -2.95. The van der Waals surface area contributed by atoms with E-state index in [9.17, 15) is 15.4 Å². The van der Waals surface area contributed by atoms with Gasteiger partial charge in [0, 0.05) is 38.3 Å². The van der Waals surface area contributed by atoms with Crippen molar-refractivity contribution >= 4 is 11.4 Å². The molecule has 0 aromatic heterocycles. The number of hydrogen-bond acceptors (Lipinski definition) is 6. The first kappa shape index (κ1) is 17.5. The van der Waals surface area contributed by atoms with Gasteiger partial charge in [-0.05, 0) is 11.6 Å². The highest BCUT2D eigenvalue weighted by molar-refractivity contribution is 5.63. The molecule has 2 atom stereocenters. The van der Waals surface area contributed by atoms with Crippen molar-refractivity contribution in [2.75, 3.05) is 31.1 Å². The summed E-state index contributed by atoms with van der Waals surface area (Å²) in [6.07, 6.45) is 0.0733. The zero-order valence-corrected chi connectivity index (χ0v) is 14.8. The van der Waals surface area contributed by atoms with Crippen LogP contribution in [0.4, 0.5) is 11.4 Å². The van der Waals surface area contributed by atoms with Crippen molar-refractivity contribution in [2.24, 2.45) is 0 Å². The van der Waals surface area contributed by atoms with E-state index in [4.69, 9.17) is 4.74 Å². The lowest BCUT2D eigenvalue weighted by molar-refractivity contribution is -0.384. The molecule has 4 rings (SSSR count). The molecule has 0 saturated carbocycles. The summed E-state index contributed by atoms with van der Waals surface area (Å²) in [5.74, 6) is 0. The van der Waals surface area contributed by atoms with Gasteiger partial charge in [-0.15, -0.1) is 0 Å². The first-order chi connectivity index (χ1) is 13.2. The van der Waals surface area contributed by atoms with Gasteiger partial charge in [0.1, 0.15) is 6.07 Å². The van der Waals surface area contributed by atoms with Crippen molar-refractivity contribution in [3.05, 3.63) is 69.8 Å². The van der Waals surface area contributed by atoms with Gasteiger partial charge in [0.05, 0.1) is 34.9 Å². The van der Waals surface area contributed by atoms with Crippen LogP contribution in [0.1, 0.15) is 11.1 Å². The molecule has 2 aliphatic heterocycles. The van der Waals surface area contributed by atoms with Gasteiger partial charge in [0.2, 0.25) is 0 Å². The summed E-state index contributed by atoms with van der Waals surface area (Å²) >= 11 is 0. The SMILES string of the molecule is N#Cc1cc([N+](=O)[O-])ccc1N1CC2OCCN(Cc3ccccc3)C2C1. The van der Waals surface area contributed by atoms with E-state index in [0.29, 0.717) is 18.7 Å². The maximum Gasteiger partial charge on any atom is 0.270 e. The number of morpholine rings is 1. The Kier molecular flexibility index (Phi) is 4.75. The van der Waals surface area contributed by atoms with Crippen LogP contribution in [0, 0.1) is 21.4 Å². The second-order valence-electron chi connectivity index (χ2n) is 6.91. The third-order valence-corrected chi connectivity index (χ3v) is 5.30. The van der Waals surface area contributed by atoms with E-state index in [0.717, 1.165) is 25.3 Å². The quantitative estimate of drug-likeness (QED) is 0.612. The Morgan fingerprint density at radius 1 is 1.22 bits per heavy atom. The van der Waals surface area contributed by atoms with Crippen LogP contribution in [0.5, 0.6) is 0 Å².